The summed E-state index contributed by atoms with van der Waals surface area (Å²) in [7, 11) is -3.61. The Labute approximate surface area is 193 Å². The van der Waals surface area contributed by atoms with E-state index in [2.05, 4.69) is 15.4 Å². The molecule has 1 amide bonds. The number of rotatable bonds is 8. The van der Waals surface area contributed by atoms with Crippen molar-refractivity contribution >= 4 is 21.9 Å². The molecule has 174 valence electrons. The molecular weight excluding hydrogens is 442 g/mol. The molecule has 33 heavy (non-hydrogen) atoms. The molecule has 1 aromatic heterocycles. The summed E-state index contributed by atoms with van der Waals surface area (Å²) in [6.45, 7) is 3.51. The lowest BCUT2D eigenvalue weighted by atomic mass is 9.97. The lowest BCUT2D eigenvalue weighted by Gasteiger charge is -2.30. The first kappa shape index (κ1) is 22.9. The highest BCUT2D eigenvalue weighted by Gasteiger charge is 2.32. The number of hydrogen-bond donors (Lipinski definition) is 1. The molecule has 3 aromatic rings. The number of piperidine rings is 1. The van der Waals surface area contributed by atoms with Gasteiger partial charge in [-0.3, -0.25) is 10.1 Å². The topological polar surface area (TPSA) is 106 Å². The molecule has 2 aromatic carbocycles. The molecule has 0 saturated carbocycles. The van der Waals surface area contributed by atoms with E-state index >= 15 is 0 Å². The number of anilines is 1. The molecular formula is C23H27N5O4S. The number of carbonyl (C=O) groups excluding carboxylic acids is 1. The standard InChI is InChI=1S/C23H27N5O4S/c1-2-32-20-8-10-21(11-9-20)33(30,31)28-14-12-19(13-15-28)22(29)25-23-24-17-27(26-23)16-18-6-4-3-5-7-18/h3-11,17,19H,2,12-16H2,1H3,(H,25,26,29). The van der Waals surface area contributed by atoms with Crippen molar-refractivity contribution in [3.63, 3.8) is 0 Å². The van der Waals surface area contributed by atoms with Crippen LogP contribution >= 0.6 is 0 Å². The maximum Gasteiger partial charge on any atom is 0.248 e. The van der Waals surface area contributed by atoms with Gasteiger partial charge in [0.2, 0.25) is 21.9 Å². The zero-order valence-corrected chi connectivity index (χ0v) is 19.2. The van der Waals surface area contributed by atoms with Gasteiger partial charge in [-0.15, -0.1) is 5.10 Å². The van der Waals surface area contributed by atoms with Crippen LogP contribution in [0.2, 0.25) is 0 Å². The van der Waals surface area contributed by atoms with Crippen molar-refractivity contribution < 1.29 is 17.9 Å². The third-order valence-corrected chi connectivity index (χ3v) is 7.47. The van der Waals surface area contributed by atoms with Gasteiger partial charge >= 0.3 is 0 Å². The minimum absolute atomic E-state index is 0.189. The first-order valence-corrected chi connectivity index (χ1v) is 12.4. The van der Waals surface area contributed by atoms with E-state index in [0.29, 0.717) is 31.7 Å². The summed E-state index contributed by atoms with van der Waals surface area (Å²) in [5.41, 5.74) is 1.08. The third-order valence-electron chi connectivity index (χ3n) is 5.56. The number of nitrogens with zero attached hydrogens (tertiary/aromatic N) is 4. The molecule has 2 heterocycles. The normalized spacial score (nSPS) is 15.3. The first-order chi connectivity index (χ1) is 16.0. The summed E-state index contributed by atoms with van der Waals surface area (Å²) in [6, 6.07) is 16.3. The molecule has 1 aliphatic heterocycles. The summed E-state index contributed by atoms with van der Waals surface area (Å²) >= 11 is 0. The van der Waals surface area contributed by atoms with Crippen LogP contribution in [0.5, 0.6) is 5.75 Å². The second kappa shape index (κ2) is 10.1. The van der Waals surface area contributed by atoms with E-state index in [1.54, 1.807) is 35.3 Å². The second-order valence-corrected chi connectivity index (χ2v) is 9.76. The fourth-order valence-electron chi connectivity index (χ4n) is 3.79. The van der Waals surface area contributed by atoms with Gasteiger partial charge in [0.15, 0.2) is 0 Å². The molecule has 4 rings (SSSR count). The molecule has 0 unspecified atom stereocenters. The number of benzene rings is 2. The van der Waals surface area contributed by atoms with Gasteiger partial charge in [0.1, 0.15) is 12.1 Å². The zero-order valence-electron chi connectivity index (χ0n) is 18.4. The van der Waals surface area contributed by atoms with E-state index in [-0.39, 0.29) is 35.8 Å². The summed E-state index contributed by atoms with van der Waals surface area (Å²) in [6.07, 6.45) is 2.45. The van der Waals surface area contributed by atoms with Crippen LogP contribution in [0.25, 0.3) is 0 Å². The minimum Gasteiger partial charge on any atom is -0.494 e. The molecule has 0 bridgehead atoms. The van der Waals surface area contributed by atoms with Crippen LogP contribution in [0.4, 0.5) is 5.95 Å². The van der Waals surface area contributed by atoms with Crippen molar-refractivity contribution in [2.24, 2.45) is 5.92 Å². The van der Waals surface area contributed by atoms with E-state index in [0.717, 1.165) is 5.56 Å². The van der Waals surface area contributed by atoms with Gasteiger partial charge in [0, 0.05) is 19.0 Å². The zero-order chi connectivity index (χ0) is 23.3. The highest BCUT2D eigenvalue weighted by molar-refractivity contribution is 7.89. The van der Waals surface area contributed by atoms with Crippen molar-refractivity contribution in [2.75, 3.05) is 25.0 Å². The highest BCUT2D eigenvalue weighted by Crippen LogP contribution is 2.25. The molecule has 1 saturated heterocycles. The number of amides is 1. The van der Waals surface area contributed by atoms with Crippen LogP contribution in [0.15, 0.2) is 65.8 Å². The van der Waals surface area contributed by atoms with E-state index in [4.69, 9.17) is 4.74 Å². The summed E-state index contributed by atoms with van der Waals surface area (Å²) in [5.74, 6) is 0.399. The molecule has 9 nitrogen and oxygen atoms in total. The molecule has 0 aliphatic carbocycles. The van der Waals surface area contributed by atoms with Gasteiger partial charge in [0.25, 0.3) is 0 Å². The molecule has 1 N–H and O–H groups in total. The van der Waals surface area contributed by atoms with Gasteiger partial charge in [-0.2, -0.15) is 4.31 Å². The quantitative estimate of drug-likeness (QED) is 0.544. The summed E-state index contributed by atoms with van der Waals surface area (Å²) in [5, 5.41) is 7.07. The molecule has 0 atom stereocenters. The van der Waals surface area contributed by atoms with E-state index < -0.39 is 10.0 Å². The van der Waals surface area contributed by atoms with Crippen molar-refractivity contribution in [3.05, 3.63) is 66.5 Å². The van der Waals surface area contributed by atoms with Gasteiger partial charge < -0.3 is 4.74 Å². The largest absolute Gasteiger partial charge is 0.494 e. The van der Waals surface area contributed by atoms with Crippen LogP contribution in [-0.4, -0.2) is 53.1 Å². The number of carbonyl (C=O) groups is 1. The fraction of sp³-hybridized carbons (Fsp3) is 0.348. The number of aromatic nitrogens is 3. The van der Waals surface area contributed by atoms with Crippen LogP contribution < -0.4 is 10.1 Å². The SMILES string of the molecule is CCOc1ccc(S(=O)(=O)N2CCC(C(=O)Nc3ncn(Cc4ccccc4)n3)CC2)cc1. The highest BCUT2D eigenvalue weighted by atomic mass is 32.2. The van der Waals surface area contributed by atoms with E-state index in [1.807, 2.05) is 37.3 Å². The molecule has 1 aliphatic rings. The number of ether oxygens (including phenoxy) is 1. The first-order valence-electron chi connectivity index (χ1n) is 10.9. The smallest absolute Gasteiger partial charge is 0.248 e. The minimum atomic E-state index is -3.61. The Bertz CT molecular complexity index is 1170. The lowest BCUT2D eigenvalue weighted by molar-refractivity contribution is -0.121. The number of nitrogens with one attached hydrogen (secondary N) is 1. The maximum absolute atomic E-state index is 12.9. The van der Waals surface area contributed by atoms with Crippen molar-refractivity contribution in [3.8, 4) is 5.75 Å². The Balaban J connectivity index is 1.31. The van der Waals surface area contributed by atoms with Gasteiger partial charge in [-0.25, -0.2) is 18.1 Å². The molecule has 10 heteroatoms. The molecule has 0 spiro atoms. The van der Waals surface area contributed by atoms with Crippen LogP contribution in [0.1, 0.15) is 25.3 Å². The molecule has 0 radical (unpaired) electrons. The Hall–Kier alpha value is -3.24. The number of sulfonamides is 1. The number of hydrogen-bond acceptors (Lipinski definition) is 6. The average molecular weight is 470 g/mol. The van der Waals surface area contributed by atoms with E-state index in [1.165, 1.54) is 4.31 Å². The van der Waals surface area contributed by atoms with Crippen molar-refractivity contribution in [1.82, 2.24) is 19.1 Å². The van der Waals surface area contributed by atoms with Crippen LogP contribution in [0.3, 0.4) is 0 Å². The van der Waals surface area contributed by atoms with Gasteiger partial charge in [0.05, 0.1) is 18.0 Å². The third kappa shape index (κ3) is 5.58. The Morgan fingerprint density at radius 2 is 1.79 bits per heavy atom. The lowest BCUT2D eigenvalue weighted by Crippen LogP contribution is -2.41. The van der Waals surface area contributed by atoms with Gasteiger partial charge in [-0.05, 0) is 49.6 Å². The van der Waals surface area contributed by atoms with Gasteiger partial charge in [-0.1, -0.05) is 30.3 Å². The monoisotopic (exact) mass is 469 g/mol. The fourth-order valence-corrected chi connectivity index (χ4v) is 5.26. The Morgan fingerprint density at radius 3 is 2.45 bits per heavy atom. The predicted octanol–water partition coefficient (Wildman–Crippen LogP) is 2.76. The summed E-state index contributed by atoms with van der Waals surface area (Å²) < 4.78 is 34.3. The van der Waals surface area contributed by atoms with Crippen molar-refractivity contribution in [2.45, 2.75) is 31.2 Å². The Kier molecular flexibility index (Phi) is 7.05. The van der Waals surface area contributed by atoms with Crippen molar-refractivity contribution in [1.29, 1.82) is 0 Å². The van der Waals surface area contributed by atoms with E-state index in [9.17, 15) is 13.2 Å². The molecule has 1 fully saturated rings. The predicted molar refractivity (Wildman–Crippen MR) is 123 cm³/mol. The Morgan fingerprint density at radius 1 is 1.09 bits per heavy atom. The summed E-state index contributed by atoms with van der Waals surface area (Å²) in [4.78, 5) is 17.1. The van der Waals surface area contributed by atoms with Crippen LogP contribution in [0, 0.1) is 5.92 Å². The average Bonchev–Trinajstić information content (AvgIpc) is 3.27. The second-order valence-electron chi connectivity index (χ2n) is 7.82. The maximum atomic E-state index is 12.9. The van der Waals surface area contributed by atoms with Crippen LogP contribution in [-0.2, 0) is 21.4 Å².